The molecule has 25 heavy (non-hydrogen) atoms. The third-order valence-electron chi connectivity index (χ3n) is 3.21. The summed E-state index contributed by atoms with van der Waals surface area (Å²) in [5.74, 6) is -0.834. The first kappa shape index (κ1) is 18.5. The lowest BCUT2D eigenvalue weighted by Gasteiger charge is -2.06. The monoisotopic (exact) mass is 359 g/mol. The number of nitrogens with zero attached hydrogens (tertiary/aromatic N) is 1. The molecule has 2 aromatic rings. The third-order valence-corrected chi connectivity index (χ3v) is 3.46. The first-order chi connectivity index (χ1) is 11.9. The Bertz CT molecular complexity index is 789. The van der Waals surface area contributed by atoms with Crippen LogP contribution in [0.2, 0.25) is 5.02 Å². The number of oxime groups is 1. The van der Waals surface area contributed by atoms with Crippen molar-refractivity contribution in [2.45, 2.75) is 13.8 Å². The minimum Gasteiger partial charge on any atom is -0.385 e. The second-order valence-corrected chi connectivity index (χ2v) is 5.81. The predicted octanol–water partition coefficient (Wildman–Crippen LogP) is 3.54. The van der Waals surface area contributed by atoms with Crippen LogP contribution in [0.5, 0.6) is 0 Å². The molecule has 0 heterocycles. The van der Waals surface area contributed by atoms with Gasteiger partial charge >= 0.3 is 0 Å². The smallest absolute Gasteiger partial charge is 0.270 e. The van der Waals surface area contributed by atoms with Crippen molar-refractivity contribution in [2.24, 2.45) is 5.16 Å². The van der Waals surface area contributed by atoms with Gasteiger partial charge in [-0.25, -0.2) is 0 Å². The second kappa shape index (κ2) is 8.84. The molecule has 2 rings (SSSR count). The SMILES string of the molecule is Cc1ccc(NC(=O)/C=N\OCC(=O)Nc2ccc(Cl)cc2)c(C)c1. The summed E-state index contributed by atoms with van der Waals surface area (Å²) < 4.78 is 0. The molecule has 0 radical (unpaired) electrons. The van der Waals surface area contributed by atoms with Crippen LogP contribution < -0.4 is 10.6 Å². The van der Waals surface area contributed by atoms with E-state index < -0.39 is 11.8 Å². The van der Waals surface area contributed by atoms with Crippen molar-refractivity contribution >= 4 is 41.0 Å². The van der Waals surface area contributed by atoms with E-state index in [0.717, 1.165) is 17.3 Å². The molecule has 0 spiro atoms. The summed E-state index contributed by atoms with van der Waals surface area (Å²) in [6.07, 6.45) is 0.981. The lowest BCUT2D eigenvalue weighted by molar-refractivity contribution is -0.120. The molecule has 0 unspecified atom stereocenters. The molecular formula is C18H18ClN3O3. The van der Waals surface area contributed by atoms with Crippen molar-refractivity contribution in [1.29, 1.82) is 0 Å². The lowest BCUT2D eigenvalue weighted by atomic mass is 10.1. The molecule has 0 atom stereocenters. The molecule has 7 heteroatoms. The molecule has 0 aliphatic rings. The van der Waals surface area contributed by atoms with Crippen LogP contribution in [0.15, 0.2) is 47.6 Å². The van der Waals surface area contributed by atoms with Gasteiger partial charge in [0.25, 0.3) is 11.8 Å². The number of benzene rings is 2. The van der Waals surface area contributed by atoms with Gasteiger partial charge in [0.1, 0.15) is 6.21 Å². The number of carbonyl (C=O) groups is 2. The van der Waals surface area contributed by atoms with Gasteiger partial charge in [0.2, 0.25) is 0 Å². The summed E-state index contributed by atoms with van der Waals surface area (Å²) >= 11 is 5.76. The summed E-state index contributed by atoms with van der Waals surface area (Å²) in [5.41, 5.74) is 3.35. The van der Waals surface area contributed by atoms with E-state index >= 15 is 0 Å². The van der Waals surface area contributed by atoms with E-state index in [0.29, 0.717) is 16.4 Å². The molecule has 130 valence electrons. The first-order valence-corrected chi connectivity index (χ1v) is 7.91. The number of anilines is 2. The van der Waals surface area contributed by atoms with Gasteiger partial charge < -0.3 is 15.5 Å². The summed E-state index contributed by atoms with van der Waals surface area (Å²) in [6, 6.07) is 12.3. The molecule has 0 fully saturated rings. The highest BCUT2D eigenvalue weighted by molar-refractivity contribution is 6.31. The zero-order chi connectivity index (χ0) is 18.2. The van der Waals surface area contributed by atoms with Crippen molar-refractivity contribution in [3.05, 3.63) is 58.6 Å². The van der Waals surface area contributed by atoms with Crippen molar-refractivity contribution in [1.82, 2.24) is 0 Å². The van der Waals surface area contributed by atoms with E-state index in [4.69, 9.17) is 16.4 Å². The van der Waals surface area contributed by atoms with Gasteiger partial charge in [-0.3, -0.25) is 9.59 Å². The normalized spacial score (nSPS) is 10.5. The van der Waals surface area contributed by atoms with Crippen LogP contribution in [0.1, 0.15) is 11.1 Å². The Morgan fingerprint density at radius 1 is 1.12 bits per heavy atom. The van der Waals surface area contributed by atoms with Crippen LogP contribution in [0.25, 0.3) is 0 Å². The number of aryl methyl sites for hydroxylation is 2. The summed E-state index contributed by atoms with van der Waals surface area (Å²) in [7, 11) is 0. The van der Waals surface area contributed by atoms with E-state index in [1.54, 1.807) is 24.3 Å². The maximum atomic E-state index is 11.8. The number of nitrogens with one attached hydrogen (secondary N) is 2. The molecule has 0 aromatic heterocycles. The van der Waals surface area contributed by atoms with Crippen LogP contribution in [0.4, 0.5) is 11.4 Å². The highest BCUT2D eigenvalue weighted by atomic mass is 35.5. The van der Waals surface area contributed by atoms with Gasteiger partial charge in [-0.05, 0) is 49.7 Å². The van der Waals surface area contributed by atoms with E-state index in [9.17, 15) is 9.59 Å². The van der Waals surface area contributed by atoms with Crippen LogP contribution in [-0.2, 0) is 14.4 Å². The summed E-state index contributed by atoms with van der Waals surface area (Å²) in [4.78, 5) is 28.2. The standard InChI is InChI=1S/C18H18ClN3O3/c1-12-3-8-16(13(2)9-12)22-17(23)10-20-25-11-18(24)21-15-6-4-14(19)5-7-15/h3-10H,11H2,1-2H3,(H,21,24)(H,22,23)/b20-10-. The fraction of sp³-hybridized carbons (Fsp3) is 0.167. The molecule has 0 aliphatic carbocycles. The third kappa shape index (κ3) is 6.27. The zero-order valence-electron chi connectivity index (χ0n) is 13.9. The van der Waals surface area contributed by atoms with E-state index in [1.165, 1.54) is 0 Å². The van der Waals surface area contributed by atoms with Gasteiger partial charge in [0.15, 0.2) is 6.61 Å². The van der Waals surface area contributed by atoms with Gasteiger partial charge in [-0.1, -0.05) is 34.5 Å². The number of hydrogen-bond acceptors (Lipinski definition) is 4. The Balaban J connectivity index is 1.75. The number of amides is 2. The van der Waals surface area contributed by atoms with Crippen LogP contribution in [0.3, 0.4) is 0 Å². The number of rotatable bonds is 6. The maximum absolute atomic E-state index is 11.8. The highest BCUT2D eigenvalue weighted by Gasteiger charge is 2.04. The fourth-order valence-electron chi connectivity index (χ4n) is 2.03. The van der Waals surface area contributed by atoms with Gasteiger partial charge in [-0.15, -0.1) is 0 Å². The zero-order valence-corrected chi connectivity index (χ0v) is 14.6. The molecule has 6 nitrogen and oxygen atoms in total. The molecule has 2 N–H and O–H groups in total. The summed E-state index contributed by atoms with van der Waals surface area (Å²) in [5, 5.41) is 9.37. The second-order valence-electron chi connectivity index (χ2n) is 5.37. The Morgan fingerprint density at radius 2 is 1.84 bits per heavy atom. The number of halogens is 1. The number of carbonyl (C=O) groups excluding carboxylic acids is 2. The molecule has 0 bridgehead atoms. The van der Waals surface area contributed by atoms with Crippen LogP contribution >= 0.6 is 11.6 Å². The minimum atomic E-state index is -0.440. The summed E-state index contributed by atoms with van der Waals surface area (Å²) in [6.45, 7) is 3.57. The van der Waals surface area contributed by atoms with Crippen molar-refractivity contribution < 1.29 is 14.4 Å². The number of hydrogen-bond donors (Lipinski definition) is 2. The molecule has 0 saturated heterocycles. The minimum absolute atomic E-state index is 0.310. The predicted molar refractivity (Wildman–Crippen MR) is 99.1 cm³/mol. The van der Waals surface area contributed by atoms with Gasteiger partial charge in [0, 0.05) is 16.4 Å². The quantitative estimate of drug-likeness (QED) is 0.611. The highest BCUT2D eigenvalue weighted by Crippen LogP contribution is 2.15. The van der Waals surface area contributed by atoms with E-state index in [1.807, 2.05) is 32.0 Å². The molecular weight excluding hydrogens is 342 g/mol. The maximum Gasteiger partial charge on any atom is 0.270 e. The van der Waals surface area contributed by atoms with Crippen molar-refractivity contribution in [3.8, 4) is 0 Å². The Labute approximate surface area is 150 Å². The average molecular weight is 360 g/mol. The van der Waals surface area contributed by atoms with Crippen molar-refractivity contribution in [3.63, 3.8) is 0 Å². The van der Waals surface area contributed by atoms with Crippen molar-refractivity contribution in [2.75, 3.05) is 17.2 Å². The van der Waals surface area contributed by atoms with Gasteiger partial charge in [0.05, 0.1) is 0 Å². The Kier molecular flexibility index (Phi) is 6.54. The topological polar surface area (TPSA) is 79.8 Å². The van der Waals surface area contributed by atoms with Crippen LogP contribution in [0, 0.1) is 13.8 Å². The Hall–Kier alpha value is -2.86. The lowest BCUT2D eigenvalue weighted by Crippen LogP contribution is -2.18. The van der Waals surface area contributed by atoms with Crippen LogP contribution in [-0.4, -0.2) is 24.6 Å². The van der Waals surface area contributed by atoms with Gasteiger partial charge in [-0.2, -0.15) is 0 Å². The molecule has 0 aliphatic heterocycles. The largest absolute Gasteiger partial charge is 0.385 e. The fourth-order valence-corrected chi connectivity index (χ4v) is 2.16. The van der Waals surface area contributed by atoms with E-state index in [2.05, 4.69) is 15.8 Å². The first-order valence-electron chi connectivity index (χ1n) is 7.53. The average Bonchev–Trinajstić information content (AvgIpc) is 2.56. The molecule has 2 aromatic carbocycles. The molecule has 0 saturated carbocycles. The Morgan fingerprint density at radius 3 is 2.52 bits per heavy atom. The van der Waals surface area contributed by atoms with E-state index in [-0.39, 0.29) is 6.61 Å². The molecule has 2 amide bonds.